The summed E-state index contributed by atoms with van der Waals surface area (Å²) in [6.45, 7) is -0.365. The molecule has 0 aromatic rings. The van der Waals surface area contributed by atoms with E-state index >= 15 is 0 Å². The van der Waals surface area contributed by atoms with Gasteiger partial charge in [-0.15, -0.1) is 0 Å². The van der Waals surface area contributed by atoms with E-state index in [1.165, 1.54) is 0 Å². The minimum Gasteiger partial charge on any atom is -0.394 e. The van der Waals surface area contributed by atoms with Crippen molar-refractivity contribution in [2.24, 2.45) is 5.73 Å². The highest BCUT2D eigenvalue weighted by Gasteiger charge is 2.53. The first kappa shape index (κ1) is 5.93. The summed E-state index contributed by atoms with van der Waals surface area (Å²) in [5.74, 6) is -1.71. The summed E-state index contributed by atoms with van der Waals surface area (Å²) in [6.07, 6.45) is 0. The number of nitrogens with two attached hydrogens (primary N) is 1. The zero-order chi connectivity index (χ0) is 6.20. The maximum absolute atomic E-state index is 8.67. The number of hydrogen-bond donors (Lipinski definition) is 3. The van der Waals surface area contributed by atoms with Gasteiger partial charge in [-0.1, -0.05) is 0 Å². The van der Waals surface area contributed by atoms with Gasteiger partial charge in [-0.25, -0.2) is 0 Å². The number of hydrogen-bond acceptors (Lipinski definition) is 5. The van der Waals surface area contributed by atoms with Crippen molar-refractivity contribution in [3.63, 3.8) is 0 Å². The summed E-state index contributed by atoms with van der Waals surface area (Å²) >= 11 is 0. The summed E-state index contributed by atoms with van der Waals surface area (Å²) in [6, 6.07) is -0.873. The normalized spacial score (nSPS) is 27.4. The minimum absolute atomic E-state index is 0.365. The fourth-order valence-electron chi connectivity index (χ4n) is 0.282. The first-order valence-corrected chi connectivity index (χ1v) is 2.15. The quantitative estimate of drug-likeness (QED) is 0.288. The molecule has 5 heteroatoms. The standard InChI is InChI=1S/C3H7NO4/c4-2(1-5)3(6)7-8-3/h2,5-6H,1,4H2/t2-/m0/s1. The lowest BCUT2D eigenvalue weighted by Crippen LogP contribution is -2.40. The molecule has 1 rings (SSSR count). The molecular formula is C3H7NO4. The van der Waals surface area contributed by atoms with Gasteiger partial charge in [0, 0.05) is 0 Å². The summed E-state index contributed by atoms with van der Waals surface area (Å²) in [5.41, 5.74) is 5.06. The molecule has 0 amide bonds. The Balaban J connectivity index is 2.34. The Morgan fingerprint density at radius 3 is 2.25 bits per heavy atom. The van der Waals surface area contributed by atoms with Crippen molar-refractivity contribution < 1.29 is 20.0 Å². The van der Waals surface area contributed by atoms with Gasteiger partial charge < -0.3 is 15.9 Å². The van der Waals surface area contributed by atoms with Crippen molar-refractivity contribution in [2.45, 2.75) is 12.0 Å². The summed E-state index contributed by atoms with van der Waals surface area (Å²) < 4.78 is 0. The highest BCUT2D eigenvalue weighted by atomic mass is 17.4. The Morgan fingerprint density at radius 2 is 2.12 bits per heavy atom. The summed E-state index contributed by atoms with van der Waals surface area (Å²) in [5, 5.41) is 16.9. The van der Waals surface area contributed by atoms with Gasteiger partial charge in [0.05, 0.1) is 6.61 Å². The molecule has 1 fully saturated rings. The number of aliphatic hydroxyl groups excluding tert-OH is 1. The number of rotatable bonds is 2. The second kappa shape index (κ2) is 1.64. The highest BCUT2D eigenvalue weighted by molar-refractivity contribution is 4.73. The van der Waals surface area contributed by atoms with Gasteiger partial charge in [-0.05, 0) is 0 Å². The van der Waals surface area contributed by atoms with Crippen LogP contribution in [0.25, 0.3) is 0 Å². The minimum atomic E-state index is -1.71. The van der Waals surface area contributed by atoms with Crippen molar-refractivity contribution >= 4 is 0 Å². The van der Waals surface area contributed by atoms with Gasteiger partial charge >= 0.3 is 5.97 Å². The van der Waals surface area contributed by atoms with Crippen LogP contribution in [-0.4, -0.2) is 28.8 Å². The molecule has 0 bridgehead atoms. The van der Waals surface area contributed by atoms with Crippen molar-refractivity contribution in [3.05, 3.63) is 0 Å². The number of aliphatic hydroxyl groups is 2. The van der Waals surface area contributed by atoms with Crippen molar-refractivity contribution in [1.29, 1.82) is 0 Å². The third kappa shape index (κ3) is 0.816. The maximum Gasteiger partial charge on any atom is 0.355 e. The van der Waals surface area contributed by atoms with E-state index in [1.807, 2.05) is 0 Å². The van der Waals surface area contributed by atoms with Crippen LogP contribution in [0.5, 0.6) is 0 Å². The monoisotopic (exact) mass is 121 g/mol. The zero-order valence-electron chi connectivity index (χ0n) is 4.07. The van der Waals surface area contributed by atoms with Crippen LogP contribution < -0.4 is 5.73 Å². The van der Waals surface area contributed by atoms with Crippen LogP contribution in [0, 0.1) is 0 Å². The van der Waals surface area contributed by atoms with E-state index in [0.717, 1.165) is 0 Å². The maximum atomic E-state index is 8.67. The van der Waals surface area contributed by atoms with E-state index in [9.17, 15) is 0 Å². The second-order valence-corrected chi connectivity index (χ2v) is 1.59. The lowest BCUT2D eigenvalue weighted by molar-refractivity contribution is -0.0127. The molecular weight excluding hydrogens is 114 g/mol. The fraction of sp³-hybridized carbons (Fsp3) is 1.00. The van der Waals surface area contributed by atoms with Crippen LogP contribution in [0.2, 0.25) is 0 Å². The van der Waals surface area contributed by atoms with Crippen LogP contribution in [0.1, 0.15) is 0 Å². The molecule has 5 nitrogen and oxygen atoms in total. The third-order valence-corrected chi connectivity index (χ3v) is 0.919. The van der Waals surface area contributed by atoms with E-state index in [0.29, 0.717) is 0 Å². The molecule has 1 atom stereocenters. The van der Waals surface area contributed by atoms with Crippen LogP contribution in [0.4, 0.5) is 0 Å². The Labute approximate surface area is 45.5 Å². The molecule has 0 saturated carbocycles. The zero-order valence-corrected chi connectivity index (χ0v) is 4.07. The topological polar surface area (TPSA) is 91.5 Å². The molecule has 1 saturated heterocycles. The van der Waals surface area contributed by atoms with Gasteiger partial charge in [0.25, 0.3) is 0 Å². The Bertz CT molecular complexity index is 91.3. The van der Waals surface area contributed by atoms with Gasteiger partial charge in [-0.3, -0.25) is 0 Å². The first-order valence-electron chi connectivity index (χ1n) is 2.15. The lowest BCUT2D eigenvalue weighted by atomic mass is 10.3. The molecule has 48 valence electrons. The van der Waals surface area contributed by atoms with E-state index in [4.69, 9.17) is 15.9 Å². The van der Waals surface area contributed by atoms with Crippen molar-refractivity contribution in [3.8, 4) is 0 Å². The molecule has 1 aliphatic rings. The van der Waals surface area contributed by atoms with Crippen molar-refractivity contribution in [1.82, 2.24) is 0 Å². The molecule has 0 radical (unpaired) electrons. The predicted octanol–water partition coefficient (Wildman–Crippen LogP) is -2.09. The fourth-order valence-corrected chi connectivity index (χ4v) is 0.282. The Kier molecular flexibility index (Phi) is 1.22. The molecule has 4 N–H and O–H groups in total. The molecule has 1 heterocycles. The van der Waals surface area contributed by atoms with Gasteiger partial charge in [0.1, 0.15) is 6.04 Å². The molecule has 0 aromatic heterocycles. The summed E-state index contributed by atoms with van der Waals surface area (Å²) in [4.78, 5) is 8.04. The SMILES string of the molecule is N[C@@H](CO)C1(O)OO1. The second-order valence-electron chi connectivity index (χ2n) is 1.59. The van der Waals surface area contributed by atoms with Crippen molar-refractivity contribution in [2.75, 3.05) is 6.61 Å². The van der Waals surface area contributed by atoms with E-state index < -0.39 is 12.0 Å². The average molecular weight is 121 g/mol. The highest BCUT2D eigenvalue weighted by Crippen LogP contribution is 2.27. The van der Waals surface area contributed by atoms with Gasteiger partial charge in [0.2, 0.25) is 0 Å². The Hall–Kier alpha value is -0.200. The molecule has 8 heavy (non-hydrogen) atoms. The Morgan fingerprint density at radius 1 is 1.62 bits per heavy atom. The molecule has 0 aliphatic carbocycles. The van der Waals surface area contributed by atoms with E-state index in [2.05, 4.69) is 9.78 Å². The van der Waals surface area contributed by atoms with Crippen LogP contribution in [0.3, 0.4) is 0 Å². The summed E-state index contributed by atoms with van der Waals surface area (Å²) in [7, 11) is 0. The largest absolute Gasteiger partial charge is 0.394 e. The first-order chi connectivity index (χ1) is 3.69. The molecule has 0 aromatic carbocycles. The van der Waals surface area contributed by atoms with Crippen LogP contribution in [-0.2, 0) is 9.78 Å². The van der Waals surface area contributed by atoms with Crippen LogP contribution in [0.15, 0.2) is 0 Å². The van der Waals surface area contributed by atoms with Crippen LogP contribution >= 0.6 is 0 Å². The lowest BCUT2D eigenvalue weighted by Gasteiger charge is -2.04. The van der Waals surface area contributed by atoms with Gasteiger partial charge in [0.15, 0.2) is 0 Å². The van der Waals surface area contributed by atoms with E-state index in [-0.39, 0.29) is 6.61 Å². The molecule has 1 aliphatic heterocycles. The molecule has 0 unspecified atom stereocenters. The smallest absolute Gasteiger partial charge is 0.355 e. The predicted molar refractivity (Wildman–Crippen MR) is 22.2 cm³/mol. The van der Waals surface area contributed by atoms with E-state index in [1.54, 1.807) is 0 Å². The average Bonchev–Trinajstić information content (AvgIpc) is 2.47. The molecule has 0 spiro atoms. The third-order valence-electron chi connectivity index (χ3n) is 0.919. The van der Waals surface area contributed by atoms with Gasteiger partial charge in [-0.2, -0.15) is 9.78 Å².